The topological polar surface area (TPSA) is 40.6 Å². The Morgan fingerprint density at radius 1 is 1.00 bits per heavy atom. The molecule has 0 aromatic heterocycles. The summed E-state index contributed by atoms with van der Waals surface area (Å²) < 4.78 is 0. The molecule has 1 aliphatic heterocycles. The molecule has 1 aliphatic rings. The molecule has 7 heteroatoms. The monoisotopic (exact) mass is 438 g/mol. The first-order valence-corrected chi connectivity index (χ1v) is 10.2. The van der Waals surface area contributed by atoms with Gasteiger partial charge in [0.15, 0.2) is 0 Å². The first-order chi connectivity index (χ1) is 13.3. The second-order valence-electron chi connectivity index (χ2n) is 7.02. The summed E-state index contributed by atoms with van der Waals surface area (Å²) in [6.07, 6.45) is 1.31. The molecule has 0 atom stereocenters. The Labute approximate surface area is 180 Å². The summed E-state index contributed by atoms with van der Waals surface area (Å²) in [5.41, 5.74) is 1.55. The van der Waals surface area contributed by atoms with Gasteiger partial charge in [0, 0.05) is 43.2 Å². The van der Waals surface area contributed by atoms with E-state index >= 15 is 0 Å². The Hall–Kier alpha value is -1.75. The van der Waals surface area contributed by atoms with Crippen LogP contribution in [0.5, 0.6) is 0 Å². The highest BCUT2D eigenvalue weighted by atomic mass is 35.5. The first-order valence-electron chi connectivity index (χ1n) is 9.09. The van der Waals surface area contributed by atoms with Crippen LogP contribution in [0.1, 0.15) is 28.8 Å². The second-order valence-corrected chi connectivity index (χ2v) is 8.27. The van der Waals surface area contributed by atoms with E-state index in [0.717, 1.165) is 5.56 Å². The van der Waals surface area contributed by atoms with E-state index in [2.05, 4.69) is 0 Å². The molecule has 0 bridgehead atoms. The minimum absolute atomic E-state index is 0.0215. The normalized spacial score (nSPS) is 14.8. The highest BCUT2D eigenvalue weighted by Crippen LogP contribution is 2.25. The SMILES string of the molecule is CN(Cc1ccc(Cl)c(Cl)c1)C(=O)C1CCN(C(=O)c2ccc(Cl)cc2)CC1. The number of nitrogens with zero attached hydrogens (tertiary/aromatic N) is 2. The molecule has 2 aromatic rings. The molecule has 1 heterocycles. The summed E-state index contributed by atoms with van der Waals surface area (Å²) in [6.45, 7) is 1.61. The predicted molar refractivity (Wildman–Crippen MR) is 113 cm³/mol. The predicted octanol–water partition coefficient (Wildman–Crippen LogP) is 5.16. The number of piperidine rings is 1. The van der Waals surface area contributed by atoms with Crippen LogP contribution in [0.3, 0.4) is 0 Å². The first kappa shape index (κ1) is 21.0. The van der Waals surface area contributed by atoms with Gasteiger partial charge in [0.1, 0.15) is 0 Å². The third-order valence-corrected chi connectivity index (χ3v) is 5.99. The second kappa shape index (κ2) is 9.17. The molecule has 4 nitrogen and oxygen atoms in total. The molecular weight excluding hydrogens is 419 g/mol. The van der Waals surface area contributed by atoms with Crippen molar-refractivity contribution in [1.29, 1.82) is 0 Å². The van der Waals surface area contributed by atoms with Crippen LogP contribution in [0.25, 0.3) is 0 Å². The average molecular weight is 440 g/mol. The highest BCUT2D eigenvalue weighted by Gasteiger charge is 2.29. The van der Waals surface area contributed by atoms with Crippen LogP contribution in [0.2, 0.25) is 15.1 Å². The maximum Gasteiger partial charge on any atom is 0.253 e. The number of hydrogen-bond donors (Lipinski definition) is 0. The van der Waals surface area contributed by atoms with E-state index in [9.17, 15) is 9.59 Å². The smallest absolute Gasteiger partial charge is 0.253 e. The van der Waals surface area contributed by atoms with Gasteiger partial charge in [-0.2, -0.15) is 0 Å². The number of carbonyl (C=O) groups is 2. The van der Waals surface area contributed by atoms with Gasteiger partial charge in [0.05, 0.1) is 10.0 Å². The van der Waals surface area contributed by atoms with Crippen LogP contribution in [-0.2, 0) is 11.3 Å². The fraction of sp³-hybridized carbons (Fsp3) is 0.333. The molecule has 0 spiro atoms. The minimum Gasteiger partial charge on any atom is -0.341 e. The lowest BCUT2D eigenvalue weighted by molar-refractivity contribution is -0.136. The summed E-state index contributed by atoms with van der Waals surface area (Å²) in [4.78, 5) is 28.9. The molecule has 0 aliphatic carbocycles. The van der Waals surface area contributed by atoms with Crippen molar-refractivity contribution < 1.29 is 9.59 Å². The van der Waals surface area contributed by atoms with Crippen LogP contribution in [0.4, 0.5) is 0 Å². The van der Waals surface area contributed by atoms with Gasteiger partial charge in [-0.1, -0.05) is 40.9 Å². The number of benzene rings is 2. The maximum atomic E-state index is 12.8. The molecule has 0 unspecified atom stereocenters. The van der Waals surface area contributed by atoms with E-state index in [4.69, 9.17) is 34.8 Å². The third-order valence-electron chi connectivity index (χ3n) is 5.00. The number of amides is 2. The summed E-state index contributed by atoms with van der Waals surface area (Å²) in [6, 6.07) is 12.3. The standard InChI is InChI=1S/C21H21Cl3N2O2/c1-25(13-14-2-7-18(23)19(24)12-14)20(27)16-8-10-26(11-9-16)21(28)15-3-5-17(22)6-4-15/h2-7,12,16H,8-11,13H2,1H3. The lowest BCUT2D eigenvalue weighted by Crippen LogP contribution is -2.43. The molecule has 3 rings (SSSR count). The van der Waals surface area contributed by atoms with E-state index in [1.807, 2.05) is 6.07 Å². The van der Waals surface area contributed by atoms with Crippen molar-refractivity contribution in [3.05, 3.63) is 68.7 Å². The largest absolute Gasteiger partial charge is 0.341 e. The summed E-state index contributed by atoms with van der Waals surface area (Å²) in [5, 5.41) is 1.58. The van der Waals surface area contributed by atoms with Gasteiger partial charge in [-0.25, -0.2) is 0 Å². The van der Waals surface area contributed by atoms with Gasteiger partial charge in [-0.3, -0.25) is 9.59 Å². The van der Waals surface area contributed by atoms with Crippen molar-refractivity contribution in [2.24, 2.45) is 5.92 Å². The van der Waals surface area contributed by atoms with Crippen LogP contribution < -0.4 is 0 Å². The summed E-state index contributed by atoms with van der Waals surface area (Å²) >= 11 is 17.9. The fourth-order valence-corrected chi connectivity index (χ4v) is 3.85. The maximum absolute atomic E-state index is 12.8. The van der Waals surface area contributed by atoms with E-state index in [0.29, 0.717) is 53.1 Å². The van der Waals surface area contributed by atoms with Crippen LogP contribution in [-0.4, -0.2) is 41.8 Å². The number of rotatable bonds is 4. The van der Waals surface area contributed by atoms with Gasteiger partial charge in [0.2, 0.25) is 5.91 Å². The van der Waals surface area contributed by atoms with Crippen molar-refractivity contribution >= 4 is 46.6 Å². The van der Waals surface area contributed by atoms with Crippen molar-refractivity contribution in [3.8, 4) is 0 Å². The Balaban J connectivity index is 1.54. The molecule has 1 saturated heterocycles. The molecule has 28 heavy (non-hydrogen) atoms. The lowest BCUT2D eigenvalue weighted by atomic mass is 9.94. The van der Waals surface area contributed by atoms with Crippen LogP contribution >= 0.6 is 34.8 Å². The quantitative estimate of drug-likeness (QED) is 0.660. The molecule has 0 N–H and O–H groups in total. The Kier molecular flexibility index (Phi) is 6.86. The Morgan fingerprint density at radius 2 is 1.64 bits per heavy atom. The van der Waals surface area contributed by atoms with E-state index in [1.165, 1.54) is 0 Å². The van der Waals surface area contributed by atoms with Gasteiger partial charge in [0.25, 0.3) is 5.91 Å². The Morgan fingerprint density at radius 3 is 2.25 bits per heavy atom. The third kappa shape index (κ3) is 4.99. The average Bonchev–Trinajstić information content (AvgIpc) is 2.70. The van der Waals surface area contributed by atoms with Gasteiger partial charge >= 0.3 is 0 Å². The zero-order chi connectivity index (χ0) is 20.3. The zero-order valence-corrected chi connectivity index (χ0v) is 17.8. The van der Waals surface area contributed by atoms with Crippen molar-refractivity contribution in [2.75, 3.05) is 20.1 Å². The molecule has 0 radical (unpaired) electrons. The van der Waals surface area contributed by atoms with E-state index in [-0.39, 0.29) is 17.7 Å². The van der Waals surface area contributed by atoms with E-state index < -0.39 is 0 Å². The molecular formula is C21H21Cl3N2O2. The molecule has 2 amide bonds. The van der Waals surface area contributed by atoms with Crippen LogP contribution in [0.15, 0.2) is 42.5 Å². The van der Waals surface area contributed by atoms with Crippen molar-refractivity contribution in [3.63, 3.8) is 0 Å². The lowest BCUT2D eigenvalue weighted by Gasteiger charge is -2.33. The number of carbonyl (C=O) groups excluding carboxylic acids is 2. The zero-order valence-electron chi connectivity index (χ0n) is 15.5. The summed E-state index contributed by atoms with van der Waals surface area (Å²) in [7, 11) is 1.79. The van der Waals surface area contributed by atoms with Gasteiger partial charge < -0.3 is 9.80 Å². The molecule has 2 aromatic carbocycles. The molecule has 1 fully saturated rings. The molecule has 148 valence electrons. The fourth-order valence-electron chi connectivity index (χ4n) is 3.41. The summed E-state index contributed by atoms with van der Waals surface area (Å²) in [5.74, 6) is -0.0153. The number of halogens is 3. The Bertz CT molecular complexity index is 862. The number of hydrogen-bond acceptors (Lipinski definition) is 2. The van der Waals surface area contributed by atoms with E-state index in [1.54, 1.807) is 53.2 Å². The van der Waals surface area contributed by atoms with Gasteiger partial charge in [-0.15, -0.1) is 0 Å². The van der Waals surface area contributed by atoms with Crippen molar-refractivity contribution in [1.82, 2.24) is 9.80 Å². The van der Waals surface area contributed by atoms with Crippen molar-refractivity contribution in [2.45, 2.75) is 19.4 Å². The van der Waals surface area contributed by atoms with Crippen LogP contribution in [0, 0.1) is 5.92 Å². The molecule has 0 saturated carbocycles. The number of likely N-dealkylation sites (tertiary alicyclic amines) is 1. The van der Waals surface area contributed by atoms with Gasteiger partial charge in [-0.05, 0) is 54.8 Å². The highest BCUT2D eigenvalue weighted by molar-refractivity contribution is 6.42. The minimum atomic E-state index is -0.0814.